The van der Waals surface area contributed by atoms with Crippen LogP contribution in [0.3, 0.4) is 0 Å². The molecule has 0 radical (unpaired) electrons. The first-order chi connectivity index (χ1) is 14.5. The lowest BCUT2D eigenvalue weighted by Crippen LogP contribution is -2.38. The summed E-state index contributed by atoms with van der Waals surface area (Å²) in [7, 11) is 3.25. The largest absolute Gasteiger partial charge is 0.493 e. The van der Waals surface area contributed by atoms with Crippen molar-refractivity contribution >= 4 is 5.97 Å². The molecule has 2 heterocycles. The van der Waals surface area contributed by atoms with Gasteiger partial charge in [-0.1, -0.05) is 12.8 Å². The number of carboxylic acid groups (broad SMARTS) is 1. The number of rotatable bonds is 7. The van der Waals surface area contributed by atoms with Crippen molar-refractivity contribution in [2.75, 3.05) is 27.4 Å². The van der Waals surface area contributed by atoms with Crippen LogP contribution in [0.1, 0.15) is 48.0 Å². The van der Waals surface area contributed by atoms with Crippen LogP contribution in [0.4, 0.5) is 0 Å². The van der Waals surface area contributed by atoms with Gasteiger partial charge in [-0.25, -0.2) is 4.79 Å². The van der Waals surface area contributed by atoms with E-state index in [-0.39, 0.29) is 11.1 Å². The number of hydrogen-bond acceptors (Lipinski definition) is 5. The lowest BCUT2D eigenvalue weighted by molar-refractivity contribution is 0.0693. The molecule has 30 heavy (non-hydrogen) atoms. The molecule has 1 aromatic carbocycles. The Balaban J connectivity index is 1.83. The third kappa shape index (κ3) is 3.47. The number of ether oxygens (including phenoxy) is 3. The normalized spacial score (nSPS) is 16.2. The highest BCUT2D eigenvalue weighted by molar-refractivity contribution is 5.88. The molecular weight excluding hydrogens is 386 g/mol. The Labute approximate surface area is 175 Å². The molecule has 1 fully saturated rings. The van der Waals surface area contributed by atoms with Gasteiger partial charge in [0.1, 0.15) is 5.56 Å². The molecule has 0 saturated heterocycles. The van der Waals surface area contributed by atoms with Crippen LogP contribution >= 0.6 is 0 Å². The van der Waals surface area contributed by atoms with Crippen molar-refractivity contribution in [1.82, 2.24) is 4.57 Å². The number of nitrogens with zero attached hydrogens (tertiary/aromatic N) is 1. The van der Waals surface area contributed by atoms with Gasteiger partial charge in [0, 0.05) is 43.5 Å². The van der Waals surface area contributed by atoms with Crippen LogP contribution < -0.4 is 14.9 Å². The molecule has 1 spiro atoms. The number of fused-ring (bicyclic) bond motifs is 4. The van der Waals surface area contributed by atoms with Crippen molar-refractivity contribution < 1.29 is 24.1 Å². The van der Waals surface area contributed by atoms with Gasteiger partial charge in [0.05, 0.1) is 19.4 Å². The molecule has 1 aromatic heterocycles. The van der Waals surface area contributed by atoms with E-state index in [1.807, 2.05) is 16.7 Å². The molecule has 7 heteroatoms. The van der Waals surface area contributed by atoms with Crippen molar-refractivity contribution in [3.63, 3.8) is 0 Å². The lowest BCUT2D eigenvalue weighted by Gasteiger charge is -2.40. The van der Waals surface area contributed by atoms with E-state index in [4.69, 9.17) is 14.2 Å². The van der Waals surface area contributed by atoms with E-state index in [0.717, 1.165) is 55.3 Å². The molecule has 2 aliphatic rings. The minimum atomic E-state index is -1.19. The summed E-state index contributed by atoms with van der Waals surface area (Å²) in [5.41, 5.74) is 1.87. The third-order valence-electron chi connectivity index (χ3n) is 6.26. The Kier molecular flexibility index (Phi) is 5.56. The lowest BCUT2D eigenvalue weighted by atomic mass is 9.81. The number of aromatic carboxylic acids is 1. The third-order valence-corrected chi connectivity index (χ3v) is 6.26. The minimum absolute atomic E-state index is 0.182. The van der Waals surface area contributed by atoms with Gasteiger partial charge in [0.25, 0.3) is 0 Å². The maximum atomic E-state index is 12.5. The van der Waals surface area contributed by atoms with Crippen molar-refractivity contribution in [3.05, 3.63) is 45.7 Å². The summed E-state index contributed by atoms with van der Waals surface area (Å²) in [6.07, 6.45) is 7.16. The smallest absolute Gasteiger partial charge is 0.341 e. The number of benzene rings is 1. The van der Waals surface area contributed by atoms with Gasteiger partial charge >= 0.3 is 5.97 Å². The first kappa shape index (κ1) is 20.5. The quantitative estimate of drug-likeness (QED) is 0.700. The van der Waals surface area contributed by atoms with E-state index in [0.29, 0.717) is 24.7 Å². The summed E-state index contributed by atoms with van der Waals surface area (Å²) < 4.78 is 18.6. The van der Waals surface area contributed by atoms with Gasteiger partial charge in [-0.2, -0.15) is 0 Å². The molecule has 2 aromatic rings. The summed E-state index contributed by atoms with van der Waals surface area (Å²) in [5.74, 6) is 0.0833. The number of carboxylic acids is 1. The zero-order valence-corrected chi connectivity index (χ0v) is 17.4. The predicted molar refractivity (Wildman–Crippen MR) is 112 cm³/mol. The minimum Gasteiger partial charge on any atom is -0.493 e. The van der Waals surface area contributed by atoms with Crippen molar-refractivity contribution in [1.29, 1.82) is 0 Å². The molecule has 0 atom stereocenters. The Morgan fingerprint density at radius 2 is 1.90 bits per heavy atom. The Morgan fingerprint density at radius 3 is 2.57 bits per heavy atom. The monoisotopic (exact) mass is 413 g/mol. The maximum Gasteiger partial charge on any atom is 0.341 e. The second kappa shape index (κ2) is 8.14. The van der Waals surface area contributed by atoms with Crippen LogP contribution in [0.25, 0.3) is 11.3 Å². The van der Waals surface area contributed by atoms with E-state index < -0.39 is 11.4 Å². The van der Waals surface area contributed by atoms with Crippen LogP contribution in [-0.4, -0.2) is 43.1 Å². The van der Waals surface area contributed by atoms with Crippen LogP contribution in [-0.2, 0) is 16.7 Å². The summed E-state index contributed by atoms with van der Waals surface area (Å²) >= 11 is 0. The fraction of sp³-hybridized carbons (Fsp3) is 0.478. The van der Waals surface area contributed by atoms with E-state index >= 15 is 0 Å². The standard InChI is InChI=1S/C23H27NO6/c1-28-8-5-9-30-21-10-15-13-23(6-3-4-7-23)24-14-17(22(26)27)19(25)12-18(24)16(15)11-20(21)29-2/h10-12,14H,3-9,13H2,1-2H3,(H,26,27). The van der Waals surface area contributed by atoms with Crippen LogP contribution in [0.15, 0.2) is 29.2 Å². The molecule has 0 unspecified atom stereocenters. The molecule has 160 valence electrons. The average Bonchev–Trinajstić information content (AvgIpc) is 3.19. The zero-order chi connectivity index (χ0) is 21.3. The molecular formula is C23H27NO6. The van der Waals surface area contributed by atoms with Gasteiger partial charge in [-0.05, 0) is 37.0 Å². The fourth-order valence-corrected chi connectivity index (χ4v) is 4.83. The van der Waals surface area contributed by atoms with Crippen molar-refractivity contribution in [2.24, 2.45) is 0 Å². The molecule has 7 nitrogen and oxygen atoms in total. The number of pyridine rings is 1. The van der Waals surface area contributed by atoms with Crippen LogP contribution in [0, 0.1) is 0 Å². The highest BCUT2D eigenvalue weighted by Gasteiger charge is 2.41. The number of aromatic nitrogens is 1. The van der Waals surface area contributed by atoms with Gasteiger partial charge in [-0.15, -0.1) is 0 Å². The predicted octanol–water partition coefficient (Wildman–Crippen LogP) is 3.46. The second-order valence-corrected chi connectivity index (χ2v) is 8.08. The molecule has 1 aliphatic carbocycles. The number of hydrogen-bond donors (Lipinski definition) is 1. The Hall–Kier alpha value is -2.80. The van der Waals surface area contributed by atoms with Gasteiger partial charge in [0.2, 0.25) is 0 Å². The van der Waals surface area contributed by atoms with Gasteiger partial charge in [0.15, 0.2) is 16.9 Å². The fourth-order valence-electron chi connectivity index (χ4n) is 4.83. The van der Waals surface area contributed by atoms with Crippen LogP contribution in [0.5, 0.6) is 11.5 Å². The molecule has 1 aliphatic heterocycles. The van der Waals surface area contributed by atoms with Crippen molar-refractivity contribution in [2.45, 2.75) is 44.1 Å². The Morgan fingerprint density at radius 1 is 1.13 bits per heavy atom. The van der Waals surface area contributed by atoms with Crippen LogP contribution in [0.2, 0.25) is 0 Å². The van der Waals surface area contributed by atoms with E-state index in [9.17, 15) is 14.7 Å². The first-order valence-electron chi connectivity index (χ1n) is 10.3. The maximum absolute atomic E-state index is 12.5. The van der Waals surface area contributed by atoms with E-state index in [1.54, 1.807) is 14.2 Å². The molecule has 1 N–H and O–H groups in total. The number of methoxy groups -OCH3 is 2. The highest BCUT2D eigenvalue weighted by atomic mass is 16.5. The van der Waals surface area contributed by atoms with Gasteiger partial charge in [-0.3, -0.25) is 4.79 Å². The molecule has 4 rings (SSSR count). The Bertz CT molecular complexity index is 1020. The average molecular weight is 413 g/mol. The topological polar surface area (TPSA) is 87.0 Å². The second-order valence-electron chi connectivity index (χ2n) is 8.08. The molecule has 0 bridgehead atoms. The highest BCUT2D eigenvalue weighted by Crippen LogP contribution is 2.49. The molecule has 0 amide bonds. The summed E-state index contributed by atoms with van der Waals surface area (Å²) in [6, 6.07) is 5.37. The van der Waals surface area contributed by atoms with Gasteiger partial charge < -0.3 is 23.9 Å². The SMILES string of the molecule is COCCCOc1cc2c(cc1OC)-c1cc(=O)c(C(=O)O)cn1C1(CCCC1)C2. The first-order valence-corrected chi connectivity index (χ1v) is 10.3. The van der Waals surface area contributed by atoms with E-state index in [2.05, 4.69) is 0 Å². The summed E-state index contributed by atoms with van der Waals surface area (Å²) in [4.78, 5) is 24.1. The summed E-state index contributed by atoms with van der Waals surface area (Å²) in [5, 5.41) is 9.47. The van der Waals surface area contributed by atoms with Crippen molar-refractivity contribution in [3.8, 4) is 22.8 Å². The molecule has 1 saturated carbocycles. The van der Waals surface area contributed by atoms with E-state index in [1.165, 1.54) is 12.3 Å². The summed E-state index contributed by atoms with van der Waals surface area (Å²) in [6.45, 7) is 1.14. The number of carbonyl (C=O) groups is 1. The zero-order valence-electron chi connectivity index (χ0n) is 17.4.